The predicted octanol–water partition coefficient (Wildman–Crippen LogP) is 3.57. The van der Waals surface area contributed by atoms with E-state index in [1.54, 1.807) is 19.4 Å². The zero-order valence-electron chi connectivity index (χ0n) is 19.5. The minimum atomic E-state index is -2.06. The van der Waals surface area contributed by atoms with Gasteiger partial charge >= 0.3 is 5.97 Å². The average Bonchev–Trinajstić information content (AvgIpc) is 3.29. The fraction of sp³-hybridized carbons (Fsp3) is 0.591. The number of nitrogens with zero attached hydrogens (tertiary/aromatic N) is 3. The zero-order valence-corrected chi connectivity index (χ0v) is 21.4. The summed E-state index contributed by atoms with van der Waals surface area (Å²) in [6, 6.07) is -0.350. The number of aliphatic carboxylic acids is 1. The van der Waals surface area contributed by atoms with Crippen molar-refractivity contribution in [2.75, 3.05) is 0 Å². The first-order chi connectivity index (χ1) is 14.8. The molecular formula is C22H31N3O5SSi. The fourth-order valence-corrected chi connectivity index (χ4v) is 6.69. The van der Waals surface area contributed by atoms with Crippen LogP contribution in [0.1, 0.15) is 45.2 Å². The highest BCUT2D eigenvalue weighted by molar-refractivity contribution is 7.18. The van der Waals surface area contributed by atoms with E-state index in [-0.39, 0.29) is 28.6 Å². The molecule has 0 radical (unpaired) electrons. The molecule has 1 amide bonds. The molecule has 2 aromatic rings. The highest BCUT2D eigenvalue weighted by atomic mass is 32.1. The lowest BCUT2D eigenvalue weighted by Gasteiger charge is -2.46. The number of carboxylic acids is 1. The molecule has 174 valence electrons. The van der Waals surface area contributed by atoms with Crippen LogP contribution in [0.4, 0.5) is 0 Å². The molecule has 0 unspecified atom stereocenters. The van der Waals surface area contributed by atoms with Crippen LogP contribution in [0.2, 0.25) is 18.1 Å². The van der Waals surface area contributed by atoms with E-state index in [0.717, 1.165) is 15.4 Å². The first kappa shape index (κ1) is 23.2. The molecule has 2 aliphatic heterocycles. The number of β-lactam (4-membered cyclic amide) rings is 1. The van der Waals surface area contributed by atoms with Crippen LogP contribution >= 0.6 is 11.3 Å². The molecule has 0 saturated carbocycles. The Morgan fingerprint density at radius 3 is 2.59 bits per heavy atom. The van der Waals surface area contributed by atoms with Gasteiger partial charge in [0, 0.05) is 11.5 Å². The highest BCUT2D eigenvalue weighted by Crippen LogP contribution is 2.52. The van der Waals surface area contributed by atoms with Crippen LogP contribution in [0.25, 0.3) is 10.4 Å². The quantitative estimate of drug-likeness (QED) is 0.487. The third kappa shape index (κ3) is 3.27. The van der Waals surface area contributed by atoms with Gasteiger partial charge in [-0.15, -0.1) is 11.3 Å². The topological polar surface area (TPSA) is 104 Å². The number of aromatic nitrogens is 2. The maximum atomic E-state index is 12.7. The van der Waals surface area contributed by atoms with Crippen molar-refractivity contribution < 1.29 is 24.2 Å². The zero-order chi connectivity index (χ0) is 23.7. The van der Waals surface area contributed by atoms with Crippen molar-refractivity contribution in [3.8, 4) is 0 Å². The van der Waals surface area contributed by atoms with Gasteiger partial charge in [-0.3, -0.25) is 9.20 Å². The predicted molar refractivity (Wildman–Crippen MR) is 125 cm³/mol. The van der Waals surface area contributed by atoms with Gasteiger partial charge in [0.2, 0.25) is 5.91 Å². The van der Waals surface area contributed by atoms with E-state index in [9.17, 15) is 19.8 Å². The lowest BCUT2D eigenvalue weighted by Crippen LogP contribution is -2.63. The van der Waals surface area contributed by atoms with E-state index >= 15 is 0 Å². The summed E-state index contributed by atoms with van der Waals surface area (Å²) in [4.78, 5) is 32.4. The van der Waals surface area contributed by atoms with Gasteiger partial charge in [-0.25, -0.2) is 9.78 Å². The van der Waals surface area contributed by atoms with Crippen molar-refractivity contribution in [3.63, 3.8) is 0 Å². The summed E-state index contributed by atoms with van der Waals surface area (Å²) in [5.74, 6) is -2.26. The Bertz CT molecular complexity index is 1130. The van der Waals surface area contributed by atoms with Gasteiger partial charge in [0.1, 0.15) is 16.9 Å². The van der Waals surface area contributed by atoms with Gasteiger partial charge in [-0.2, -0.15) is 0 Å². The molecule has 0 bridgehead atoms. The molecule has 1 fully saturated rings. The van der Waals surface area contributed by atoms with E-state index < -0.39 is 26.3 Å². The second-order valence-corrected chi connectivity index (χ2v) is 16.2. The number of carbonyl (C=O) groups is 2. The minimum absolute atomic E-state index is 0.0236. The number of thiazole rings is 1. The third-order valence-electron chi connectivity index (χ3n) is 7.36. The van der Waals surface area contributed by atoms with Crippen molar-refractivity contribution in [1.29, 1.82) is 0 Å². The monoisotopic (exact) mass is 477 g/mol. The van der Waals surface area contributed by atoms with Crippen LogP contribution in [0.5, 0.6) is 0 Å². The van der Waals surface area contributed by atoms with E-state index in [4.69, 9.17) is 4.43 Å². The molecular weight excluding hydrogens is 446 g/mol. The van der Waals surface area contributed by atoms with Gasteiger partial charge in [0.05, 0.1) is 41.4 Å². The molecule has 4 rings (SSSR count). The molecule has 10 heteroatoms. The summed E-state index contributed by atoms with van der Waals surface area (Å²) in [5, 5.41) is 20.2. The number of hydrogen-bond donors (Lipinski definition) is 2. The Hall–Kier alpha value is -2.01. The molecule has 4 heterocycles. The SMILES string of the molecule is C[C@@H](O)[C@H]1C(=O)N2C(C(=O)O)=C(c3sc4cncn4c3CO[Si](C)(C)C(C)(C)C)[C@H](C)[C@H]12. The minimum Gasteiger partial charge on any atom is -0.477 e. The van der Waals surface area contributed by atoms with Gasteiger partial charge in [0.15, 0.2) is 8.32 Å². The number of aliphatic hydroxyl groups excluding tert-OH is 1. The molecule has 0 aromatic carbocycles. The standard InChI is InChI=1S/C22H31N3O5SSi/c1-11-15(18(21(28)29)25-17(11)16(12(2)26)20(25)27)19-13(24-10-23-8-14(24)31-19)9-30-32(6,7)22(3,4)5/h8,10-12,16-17,26H,9H2,1-7H3,(H,28,29)/t11-,12+,16+,17+/m0/s1. The molecule has 8 nitrogen and oxygen atoms in total. The second kappa shape index (κ2) is 7.51. The van der Waals surface area contributed by atoms with Gasteiger partial charge in [-0.05, 0) is 25.1 Å². The number of fused-ring (bicyclic) bond motifs is 2. The Kier molecular flexibility index (Phi) is 5.43. The van der Waals surface area contributed by atoms with Crippen LogP contribution in [0.3, 0.4) is 0 Å². The number of imidazole rings is 1. The molecule has 2 N–H and O–H groups in total. The van der Waals surface area contributed by atoms with E-state index in [1.165, 1.54) is 16.2 Å². The summed E-state index contributed by atoms with van der Waals surface area (Å²) in [5.41, 5.74) is 1.52. The molecule has 2 aromatic heterocycles. The normalized spacial score (nSPS) is 24.8. The number of aliphatic hydroxyl groups is 1. The third-order valence-corrected chi connectivity index (χ3v) is 13.0. The molecule has 0 aliphatic carbocycles. The molecule has 1 saturated heterocycles. The summed E-state index contributed by atoms with van der Waals surface area (Å²) < 4.78 is 8.46. The van der Waals surface area contributed by atoms with Crippen molar-refractivity contribution in [2.45, 2.75) is 71.5 Å². The lowest BCUT2D eigenvalue weighted by atomic mass is 9.77. The Labute approximate surface area is 192 Å². The molecule has 32 heavy (non-hydrogen) atoms. The number of hydrogen-bond acceptors (Lipinski definition) is 6. The fourth-order valence-electron chi connectivity index (χ4n) is 4.51. The number of carbonyl (C=O) groups excluding carboxylic acids is 1. The highest BCUT2D eigenvalue weighted by Gasteiger charge is 2.60. The average molecular weight is 478 g/mol. The largest absolute Gasteiger partial charge is 0.477 e. The van der Waals surface area contributed by atoms with Crippen LogP contribution in [-0.4, -0.2) is 56.8 Å². The van der Waals surface area contributed by atoms with Gasteiger partial charge in [-0.1, -0.05) is 27.7 Å². The van der Waals surface area contributed by atoms with E-state index in [1.807, 2.05) is 11.3 Å². The van der Waals surface area contributed by atoms with Crippen molar-refractivity contribution in [1.82, 2.24) is 14.3 Å². The van der Waals surface area contributed by atoms with Crippen molar-refractivity contribution >= 4 is 41.9 Å². The molecule has 0 spiro atoms. The van der Waals surface area contributed by atoms with Crippen LogP contribution in [-0.2, 0) is 20.6 Å². The summed E-state index contributed by atoms with van der Waals surface area (Å²) >= 11 is 1.47. The molecule has 4 atom stereocenters. The number of carboxylic acid groups (broad SMARTS) is 1. The van der Waals surface area contributed by atoms with Crippen LogP contribution < -0.4 is 0 Å². The maximum absolute atomic E-state index is 12.7. The van der Waals surface area contributed by atoms with Gasteiger partial charge < -0.3 is 19.5 Å². The van der Waals surface area contributed by atoms with Crippen molar-refractivity contribution in [3.05, 3.63) is 28.8 Å². The van der Waals surface area contributed by atoms with Crippen LogP contribution in [0.15, 0.2) is 18.2 Å². The Balaban J connectivity index is 1.82. The maximum Gasteiger partial charge on any atom is 0.352 e. The second-order valence-electron chi connectivity index (χ2n) is 10.4. The smallest absolute Gasteiger partial charge is 0.352 e. The Morgan fingerprint density at radius 2 is 2.03 bits per heavy atom. The Morgan fingerprint density at radius 1 is 1.38 bits per heavy atom. The van der Waals surface area contributed by atoms with E-state index in [0.29, 0.717) is 12.2 Å². The van der Waals surface area contributed by atoms with E-state index in [2.05, 4.69) is 38.8 Å². The van der Waals surface area contributed by atoms with Gasteiger partial charge in [0.25, 0.3) is 0 Å². The summed E-state index contributed by atoms with van der Waals surface area (Å²) in [6.45, 7) is 14.8. The van der Waals surface area contributed by atoms with Crippen LogP contribution in [0, 0.1) is 11.8 Å². The lowest BCUT2D eigenvalue weighted by molar-refractivity contribution is -0.163. The number of rotatable bonds is 6. The first-order valence-corrected chi connectivity index (χ1v) is 14.6. The van der Waals surface area contributed by atoms with Crippen molar-refractivity contribution in [2.24, 2.45) is 11.8 Å². The number of amides is 1. The summed E-state index contributed by atoms with van der Waals surface area (Å²) in [7, 11) is -2.06. The summed E-state index contributed by atoms with van der Waals surface area (Å²) in [6.07, 6.45) is 2.65. The first-order valence-electron chi connectivity index (χ1n) is 10.8. The molecule has 2 aliphatic rings.